The van der Waals surface area contributed by atoms with Gasteiger partial charge in [-0.15, -0.1) is 0 Å². The standard InChI is InChI=1S/C52H41FN4/c53-45-30-29-43(39-19-7-10-20-40(39)45)49-48-42-22-12-9-18-38(42)37-17-8-11-21-41(37)47(48)44-28-27-36(31-46(44)54-49)32-23-25-35(26-24-32)52-56-50(33-13-3-1-4-14-33)55-51(57-52)34-15-5-2-6-16-34/h1-7,9-16,18-30,36,50-52,55-57H,8,17,31H2. The second kappa shape index (κ2) is 14.1. The maximum absolute atomic E-state index is 15.3. The van der Waals surface area contributed by atoms with Crippen LogP contribution < -0.4 is 16.0 Å². The number of fused-ring (bicyclic) bond motifs is 9. The van der Waals surface area contributed by atoms with Crippen LogP contribution in [0.5, 0.6) is 0 Å². The summed E-state index contributed by atoms with van der Waals surface area (Å²) in [4.78, 5) is 5.61. The number of hydrogen-bond acceptors (Lipinski definition) is 4. The van der Waals surface area contributed by atoms with Crippen LogP contribution in [0.15, 0.2) is 158 Å². The first-order chi connectivity index (χ1) is 28.2. The summed E-state index contributed by atoms with van der Waals surface area (Å²) in [6.45, 7) is 0. The lowest BCUT2D eigenvalue weighted by molar-refractivity contribution is 0.203. The minimum absolute atomic E-state index is 0.0221. The molecule has 276 valence electrons. The second-order valence-corrected chi connectivity index (χ2v) is 15.5. The van der Waals surface area contributed by atoms with E-state index in [1.807, 2.05) is 30.3 Å². The summed E-state index contributed by atoms with van der Waals surface area (Å²) in [6.07, 6.45) is 12.0. The molecule has 0 amide bonds. The zero-order valence-corrected chi connectivity index (χ0v) is 31.4. The van der Waals surface area contributed by atoms with Crippen LogP contribution in [-0.4, -0.2) is 4.98 Å². The first-order valence-corrected chi connectivity index (χ1v) is 20.1. The summed E-state index contributed by atoms with van der Waals surface area (Å²) < 4.78 is 15.3. The summed E-state index contributed by atoms with van der Waals surface area (Å²) in [5.74, 6) is -0.0569. The fourth-order valence-electron chi connectivity index (χ4n) is 9.50. The average Bonchev–Trinajstić information content (AvgIpc) is 3.29. The number of aromatic nitrogens is 1. The van der Waals surface area contributed by atoms with E-state index in [9.17, 15) is 0 Å². The van der Waals surface area contributed by atoms with Crippen LogP contribution in [0.3, 0.4) is 0 Å². The lowest BCUT2D eigenvalue weighted by Gasteiger charge is -2.39. The van der Waals surface area contributed by atoms with E-state index in [4.69, 9.17) is 4.98 Å². The molecule has 2 aliphatic carbocycles. The minimum Gasteiger partial charge on any atom is -0.279 e. The minimum atomic E-state index is -0.214. The highest BCUT2D eigenvalue weighted by Crippen LogP contribution is 2.46. The summed E-state index contributed by atoms with van der Waals surface area (Å²) >= 11 is 0. The molecule has 3 atom stereocenters. The molecule has 8 aromatic rings. The van der Waals surface area contributed by atoms with Crippen LogP contribution in [0.1, 0.15) is 75.5 Å². The van der Waals surface area contributed by atoms with Gasteiger partial charge in [-0.25, -0.2) is 4.39 Å². The summed E-state index contributed by atoms with van der Waals surface area (Å²) in [6, 6.07) is 50.3. The van der Waals surface area contributed by atoms with Gasteiger partial charge in [0.15, 0.2) is 0 Å². The van der Waals surface area contributed by atoms with Crippen LogP contribution in [-0.2, 0) is 12.8 Å². The highest BCUT2D eigenvalue weighted by atomic mass is 19.1. The Kier molecular flexibility index (Phi) is 8.39. The van der Waals surface area contributed by atoms with Crippen LogP contribution >= 0.6 is 0 Å². The number of allylic oxidation sites excluding steroid dienone is 2. The monoisotopic (exact) mass is 740 g/mol. The van der Waals surface area contributed by atoms with Gasteiger partial charge in [0, 0.05) is 45.3 Å². The second-order valence-electron chi connectivity index (χ2n) is 15.5. The molecule has 3 unspecified atom stereocenters. The fourth-order valence-corrected chi connectivity index (χ4v) is 9.50. The van der Waals surface area contributed by atoms with Gasteiger partial charge >= 0.3 is 0 Å². The molecule has 4 nitrogen and oxygen atoms in total. The third-order valence-electron chi connectivity index (χ3n) is 12.3. The van der Waals surface area contributed by atoms with E-state index in [2.05, 4.69) is 149 Å². The molecule has 0 bridgehead atoms. The van der Waals surface area contributed by atoms with Gasteiger partial charge in [0.05, 0.1) is 24.2 Å². The molecular weight excluding hydrogens is 700 g/mol. The van der Waals surface area contributed by atoms with Crippen molar-refractivity contribution < 1.29 is 4.39 Å². The third-order valence-corrected chi connectivity index (χ3v) is 12.3. The number of nitrogens with zero attached hydrogens (tertiary/aromatic N) is 1. The molecule has 1 aromatic heterocycles. The van der Waals surface area contributed by atoms with Gasteiger partial charge in [0.2, 0.25) is 0 Å². The Morgan fingerprint density at radius 3 is 1.77 bits per heavy atom. The number of rotatable bonds is 5. The van der Waals surface area contributed by atoms with E-state index >= 15 is 4.39 Å². The molecule has 1 aliphatic heterocycles. The molecule has 2 heterocycles. The number of nitrogens with one attached hydrogen (secondary N) is 3. The largest absolute Gasteiger partial charge is 0.279 e. The molecule has 57 heavy (non-hydrogen) atoms. The van der Waals surface area contributed by atoms with E-state index in [1.54, 1.807) is 6.07 Å². The SMILES string of the molecule is Fc1ccc(-c2nc3c(c4c5c(c6ccccc6c24)CCC=C5)C=CC(c2ccc(C4NC(c5ccccc5)NC(c5ccccc5)N4)cc2)C3)c2ccccc12. The number of halogens is 1. The number of hydrogen-bond donors (Lipinski definition) is 3. The molecule has 3 aliphatic rings. The summed E-state index contributed by atoms with van der Waals surface area (Å²) in [7, 11) is 0. The Labute approximate surface area is 331 Å². The maximum Gasteiger partial charge on any atom is 0.131 e. The number of pyridine rings is 1. The first-order valence-electron chi connectivity index (χ1n) is 20.1. The van der Waals surface area contributed by atoms with Crippen LogP contribution in [0, 0.1) is 5.82 Å². The zero-order valence-electron chi connectivity index (χ0n) is 31.4. The smallest absolute Gasteiger partial charge is 0.131 e. The van der Waals surface area contributed by atoms with Crippen molar-refractivity contribution in [3.63, 3.8) is 0 Å². The number of benzene rings is 7. The normalized spacial score (nSPS) is 20.2. The predicted molar refractivity (Wildman–Crippen MR) is 232 cm³/mol. The van der Waals surface area contributed by atoms with Gasteiger partial charge in [-0.3, -0.25) is 20.9 Å². The Hall–Kier alpha value is -6.24. The van der Waals surface area contributed by atoms with Gasteiger partial charge in [0.25, 0.3) is 0 Å². The highest BCUT2D eigenvalue weighted by molar-refractivity contribution is 6.21. The van der Waals surface area contributed by atoms with E-state index < -0.39 is 0 Å². The van der Waals surface area contributed by atoms with Crippen LogP contribution in [0.25, 0.3) is 55.7 Å². The molecular formula is C52H41FN4. The van der Waals surface area contributed by atoms with Crippen molar-refractivity contribution in [3.8, 4) is 11.3 Å². The molecule has 0 spiro atoms. The van der Waals surface area contributed by atoms with Gasteiger partial charge < -0.3 is 0 Å². The molecule has 7 aromatic carbocycles. The molecule has 1 fully saturated rings. The molecule has 5 heteroatoms. The van der Waals surface area contributed by atoms with E-state index in [0.717, 1.165) is 47.0 Å². The molecule has 0 saturated carbocycles. The first kappa shape index (κ1) is 34.0. The van der Waals surface area contributed by atoms with Crippen molar-refractivity contribution in [2.24, 2.45) is 0 Å². The van der Waals surface area contributed by atoms with Gasteiger partial charge in [0.1, 0.15) is 5.82 Å². The Morgan fingerprint density at radius 1 is 0.509 bits per heavy atom. The van der Waals surface area contributed by atoms with Crippen molar-refractivity contribution >= 4 is 44.5 Å². The predicted octanol–water partition coefficient (Wildman–Crippen LogP) is 11.8. The highest BCUT2D eigenvalue weighted by Gasteiger charge is 2.31. The van der Waals surface area contributed by atoms with Crippen molar-refractivity contribution in [3.05, 3.63) is 208 Å². The van der Waals surface area contributed by atoms with Gasteiger partial charge in [-0.05, 0) is 74.5 Å². The summed E-state index contributed by atoms with van der Waals surface area (Å²) in [5, 5.41) is 17.8. The Balaban J connectivity index is 1.00. The van der Waals surface area contributed by atoms with Crippen molar-refractivity contribution in [2.75, 3.05) is 0 Å². The quantitative estimate of drug-likeness (QED) is 0.154. The van der Waals surface area contributed by atoms with Crippen molar-refractivity contribution in [1.82, 2.24) is 20.9 Å². The lowest BCUT2D eigenvalue weighted by Crippen LogP contribution is -2.54. The Morgan fingerprint density at radius 2 is 1.09 bits per heavy atom. The van der Waals surface area contributed by atoms with Gasteiger partial charge in [-0.1, -0.05) is 158 Å². The Bertz CT molecular complexity index is 2840. The maximum atomic E-state index is 15.3. The van der Waals surface area contributed by atoms with Crippen LogP contribution in [0.4, 0.5) is 4.39 Å². The fraction of sp³-hybridized carbons (Fsp3) is 0.135. The molecule has 0 radical (unpaired) electrons. The third kappa shape index (κ3) is 5.89. The summed E-state index contributed by atoms with van der Waals surface area (Å²) in [5.41, 5.74) is 11.7. The topological polar surface area (TPSA) is 49.0 Å². The molecule has 1 saturated heterocycles. The molecule has 11 rings (SSSR count). The van der Waals surface area contributed by atoms with Crippen molar-refractivity contribution in [2.45, 2.75) is 43.7 Å². The average molecular weight is 741 g/mol. The van der Waals surface area contributed by atoms with E-state index in [1.165, 1.54) is 55.1 Å². The van der Waals surface area contributed by atoms with E-state index in [0.29, 0.717) is 5.39 Å². The van der Waals surface area contributed by atoms with Crippen LogP contribution in [0.2, 0.25) is 0 Å². The van der Waals surface area contributed by atoms with E-state index in [-0.39, 0.29) is 30.2 Å². The van der Waals surface area contributed by atoms with Gasteiger partial charge in [-0.2, -0.15) is 0 Å². The number of aryl methyl sites for hydroxylation is 1. The zero-order chi connectivity index (χ0) is 37.9. The molecule has 3 N–H and O–H groups in total. The lowest BCUT2D eigenvalue weighted by atomic mass is 9.80. The van der Waals surface area contributed by atoms with Crippen molar-refractivity contribution in [1.29, 1.82) is 0 Å².